The van der Waals surface area contributed by atoms with Gasteiger partial charge < -0.3 is 14.8 Å². The number of carbonyl (C=O) groups is 1. The van der Waals surface area contributed by atoms with Crippen molar-refractivity contribution in [1.29, 1.82) is 0 Å². The van der Waals surface area contributed by atoms with Gasteiger partial charge in [-0.25, -0.2) is 4.98 Å². The summed E-state index contributed by atoms with van der Waals surface area (Å²) in [5, 5.41) is 3.51. The number of anilines is 1. The highest BCUT2D eigenvalue weighted by molar-refractivity contribution is 7.18. The maximum atomic E-state index is 13.2. The van der Waals surface area contributed by atoms with Crippen molar-refractivity contribution in [1.82, 2.24) is 9.55 Å². The van der Waals surface area contributed by atoms with Crippen LogP contribution in [0.5, 0.6) is 11.5 Å². The second kappa shape index (κ2) is 7.87. The van der Waals surface area contributed by atoms with Gasteiger partial charge in [-0.1, -0.05) is 0 Å². The first-order valence-corrected chi connectivity index (χ1v) is 10.4. The summed E-state index contributed by atoms with van der Waals surface area (Å²) in [6, 6.07) is 4.42. The van der Waals surface area contributed by atoms with Crippen LogP contribution in [0.25, 0.3) is 10.2 Å². The highest BCUT2D eigenvalue weighted by atomic mass is 32.1. The molecular weight excluding hydrogens is 390 g/mol. The van der Waals surface area contributed by atoms with Gasteiger partial charge in [0.05, 0.1) is 31.6 Å². The Bertz CT molecular complexity index is 1130. The summed E-state index contributed by atoms with van der Waals surface area (Å²) >= 11 is 1.60. The number of amides is 1. The lowest BCUT2D eigenvalue weighted by molar-refractivity contribution is -0.118. The summed E-state index contributed by atoms with van der Waals surface area (Å²) in [6.07, 6.45) is 5.60. The summed E-state index contributed by atoms with van der Waals surface area (Å²) < 4.78 is 11.9. The number of hydrogen-bond acceptors (Lipinski definition) is 6. The fourth-order valence-electron chi connectivity index (χ4n) is 3.71. The van der Waals surface area contributed by atoms with E-state index in [0.717, 1.165) is 36.1 Å². The zero-order valence-electron chi connectivity index (χ0n) is 16.7. The summed E-state index contributed by atoms with van der Waals surface area (Å²) in [5.74, 6) is 0.780. The second-order valence-electron chi connectivity index (χ2n) is 7.08. The summed E-state index contributed by atoms with van der Waals surface area (Å²) in [5.41, 5.74) is 1.44. The number of thiophene rings is 1. The zero-order valence-corrected chi connectivity index (χ0v) is 17.5. The molecule has 152 valence electrons. The maximum Gasteiger partial charge on any atom is 0.263 e. The van der Waals surface area contributed by atoms with Crippen molar-refractivity contribution in [2.45, 2.75) is 38.6 Å². The van der Waals surface area contributed by atoms with Crippen LogP contribution < -0.4 is 20.3 Å². The number of rotatable bonds is 5. The van der Waals surface area contributed by atoms with E-state index >= 15 is 0 Å². The molecule has 2 heterocycles. The summed E-state index contributed by atoms with van der Waals surface area (Å²) in [7, 11) is 3.08. The van der Waals surface area contributed by atoms with Crippen molar-refractivity contribution >= 4 is 33.1 Å². The predicted molar refractivity (Wildman–Crippen MR) is 113 cm³/mol. The standard InChI is InChI=1S/C21H23N3O4S/c1-12(19(25)23-15-10-13(27-2)8-9-16(15)28-3)24-11-22-20-18(21(24)26)14-6-4-5-7-17(14)29-20/h8-12H,4-7H2,1-3H3,(H,23,25). The molecule has 29 heavy (non-hydrogen) atoms. The van der Waals surface area contributed by atoms with Gasteiger partial charge in [0.1, 0.15) is 22.4 Å². The van der Waals surface area contributed by atoms with Gasteiger partial charge in [-0.15, -0.1) is 11.3 Å². The van der Waals surface area contributed by atoms with Gasteiger partial charge in [0, 0.05) is 10.9 Å². The van der Waals surface area contributed by atoms with Crippen molar-refractivity contribution < 1.29 is 14.3 Å². The molecule has 1 amide bonds. The van der Waals surface area contributed by atoms with Gasteiger partial charge in [0.15, 0.2) is 0 Å². The van der Waals surface area contributed by atoms with E-state index < -0.39 is 6.04 Å². The number of nitrogens with one attached hydrogen (secondary N) is 1. The monoisotopic (exact) mass is 413 g/mol. The Morgan fingerprint density at radius 2 is 2.03 bits per heavy atom. The third-order valence-corrected chi connectivity index (χ3v) is 6.56. The molecule has 1 aliphatic rings. The lowest BCUT2D eigenvalue weighted by atomic mass is 9.97. The zero-order chi connectivity index (χ0) is 20.5. The van der Waals surface area contributed by atoms with E-state index in [-0.39, 0.29) is 11.5 Å². The van der Waals surface area contributed by atoms with E-state index in [4.69, 9.17) is 9.47 Å². The van der Waals surface area contributed by atoms with Gasteiger partial charge in [-0.3, -0.25) is 14.2 Å². The Morgan fingerprint density at radius 1 is 1.24 bits per heavy atom. The maximum absolute atomic E-state index is 13.2. The SMILES string of the molecule is COc1ccc(OC)c(NC(=O)C(C)n2cnc3sc4c(c3c2=O)CCCC4)c1. The first-order chi connectivity index (χ1) is 14.0. The Morgan fingerprint density at radius 3 is 2.79 bits per heavy atom. The molecule has 0 saturated heterocycles. The molecule has 0 saturated carbocycles. The molecule has 3 aromatic rings. The fraction of sp³-hybridized carbons (Fsp3) is 0.381. The summed E-state index contributed by atoms with van der Waals surface area (Å²) in [4.78, 5) is 32.6. The molecule has 0 radical (unpaired) electrons. The smallest absolute Gasteiger partial charge is 0.263 e. The Hall–Kier alpha value is -2.87. The van der Waals surface area contributed by atoms with Crippen LogP contribution in [0.1, 0.15) is 36.2 Å². The average molecular weight is 413 g/mol. The minimum atomic E-state index is -0.727. The highest BCUT2D eigenvalue weighted by Crippen LogP contribution is 2.34. The lowest BCUT2D eigenvalue weighted by Crippen LogP contribution is -2.32. The molecule has 0 bridgehead atoms. The molecule has 0 spiro atoms. The van der Waals surface area contributed by atoms with Crippen LogP contribution in [-0.2, 0) is 17.6 Å². The van der Waals surface area contributed by atoms with E-state index in [0.29, 0.717) is 22.6 Å². The molecule has 4 rings (SSSR count). The topological polar surface area (TPSA) is 82.4 Å². The van der Waals surface area contributed by atoms with E-state index in [1.165, 1.54) is 22.9 Å². The van der Waals surface area contributed by atoms with E-state index in [9.17, 15) is 9.59 Å². The fourth-order valence-corrected chi connectivity index (χ4v) is 4.93. The number of aromatic nitrogens is 2. The number of fused-ring (bicyclic) bond motifs is 3. The van der Waals surface area contributed by atoms with Gasteiger partial charge in [-0.05, 0) is 50.3 Å². The van der Waals surface area contributed by atoms with Crippen LogP contribution in [0.3, 0.4) is 0 Å². The molecular formula is C21H23N3O4S. The van der Waals surface area contributed by atoms with Crippen LogP contribution in [0, 0.1) is 0 Å². The number of ether oxygens (including phenoxy) is 2. The number of methoxy groups -OCH3 is 2. The number of aryl methyl sites for hydroxylation is 2. The lowest BCUT2D eigenvalue weighted by Gasteiger charge is -2.17. The summed E-state index contributed by atoms with van der Waals surface area (Å²) in [6.45, 7) is 1.69. The molecule has 7 nitrogen and oxygen atoms in total. The van der Waals surface area contributed by atoms with Crippen LogP contribution in [-0.4, -0.2) is 29.7 Å². The number of nitrogens with zero attached hydrogens (tertiary/aromatic N) is 2. The predicted octanol–water partition coefficient (Wildman–Crippen LogP) is 3.55. The van der Waals surface area contributed by atoms with Crippen molar-refractivity contribution in [3.8, 4) is 11.5 Å². The highest BCUT2D eigenvalue weighted by Gasteiger charge is 2.24. The number of benzene rings is 1. The molecule has 1 aliphatic carbocycles. The molecule has 2 aromatic heterocycles. The van der Waals surface area contributed by atoms with Crippen molar-refractivity contribution in [2.24, 2.45) is 0 Å². The minimum absolute atomic E-state index is 0.158. The molecule has 0 aliphatic heterocycles. The van der Waals surface area contributed by atoms with E-state index in [1.54, 1.807) is 43.6 Å². The van der Waals surface area contributed by atoms with Crippen LogP contribution >= 0.6 is 11.3 Å². The van der Waals surface area contributed by atoms with Gasteiger partial charge in [-0.2, -0.15) is 0 Å². The Labute approximate surface area is 172 Å². The largest absolute Gasteiger partial charge is 0.497 e. The molecule has 1 N–H and O–H groups in total. The Kier molecular flexibility index (Phi) is 5.27. The van der Waals surface area contributed by atoms with Gasteiger partial charge in [0.25, 0.3) is 5.56 Å². The first kappa shape index (κ1) is 19.4. The number of carbonyl (C=O) groups excluding carboxylic acids is 1. The minimum Gasteiger partial charge on any atom is -0.497 e. The van der Waals surface area contributed by atoms with E-state index in [1.807, 2.05) is 0 Å². The van der Waals surface area contributed by atoms with Crippen LogP contribution in [0.15, 0.2) is 29.3 Å². The van der Waals surface area contributed by atoms with Crippen LogP contribution in [0.4, 0.5) is 5.69 Å². The van der Waals surface area contributed by atoms with Crippen molar-refractivity contribution in [3.63, 3.8) is 0 Å². The van der Waals surface area contributed by atoms with Crippen molar-refractivity contribution in [2.75, 3.05) is 19.5 Å². The molecule has 0 fully saturated rings. The quantitative estimate of drug-likeness (QED) is 0.692. The number of hydrogen-bond donors (Lipinski definition) is 1. The normalized spacial score (nSPS) is 14.3. The third kappa shape index (κ3) is 3.48. The van der Waals surface area contributed by atoms with E-state index in [2.05, 4.69) is 10.3 Å². The Balaban J connectivity index is 1.67. The third-order valence-electron chi connectivity index (χ3n) is 5.36. The second-order valence-corrected chi connectivity index (χ2v) is 8.16. The molecule has 1 aromatic carbocycles. The van der Waals surface area contributed by atoms with Crippen LogP contribution in [0.2, 0.25) is 0 Å². The van der Waals surface area contributed by atoms with Gasteiger partial charge in [0.2, 0.25) is 5.91 Å². The first-order valence-electron chi connectivity index (χ1n) is 9.57. The molecule has 8 heteroatoms. The average Bonchev–Trinajstić information content (AvgIpc) is 3.12. The van der Waals surface area contributed by atoms with Crippen molar-refractivity contribution in [3.05, 3.63) is 45.3 Å². The van der Waals surface area contributed by atoms with Gasteiger partial charge >= 0.3 is 0 Å². The molecule has 1 atom stereocenters. The molecule has 1 unspecified atom stereocenters.